The Balaban J connectivity index is 0.000000385. The summed E-state index contributed by atoms with van der Waals surface area (Å²) in [5.74, 6) is 0. The molecular formula is C8H6BCl2F4N. The molecule has 0 fully saturated rings. The fraction of sp³-hybridized carbons (Fsp3) is 0.125. The molecule has 0 aliphatic carbocycles. The lowest BCUT2D eigenvalue weighted by Crippen LogP contribution is -2.17. The average Bonchev–Trinajstić information content (AvgIpc) is 2.09. The first-order valence-electron chi connectivity index (χ1n) is 3.95. The van der Waals surface area contributed by atoms with Crippen molar-refractivity contribution in [1.29, 1.82) is 0 Å². The molecule has 0 unspecified atom stereocenters. The third kappa shape index (κ3) is 8.39. The second kappa shape index (κ2) is 6.61. The van der Waals surface area contributed by atoms with Gasteiger partial charge in [-0.15, -0.1) is 5.26 Å². The smallest absolute Gasteiger partial charge is 0.418 e. The Bertz CT molecular complexity index is 383. The summed E-state index contributed by atoms with van der Waals surface area (Å²) in [7, 11) is -6.00. The van der Waals surface area contributed by atoms with Gasteiger partial charge in [0.05, 0.1) is 10.0 Å². The first-order chi connectivity index (χ1) is 7.24. The van der Waals surface area contributed by atoms with Crippen LogP contribution in [0.2, 0.25) is 10.0 Å². The van der Waals surface area contributed by atoms with Gasteiger partial charge in [0, 0.05) is 0 Å². The molecule has 1 rings (SSSR count). The molecule has 1 aromatic rings. The Morgan fingerprint density at radius 2 is 1.62 bits per heavy atom. The molecule has 16 heavy (non-hydrogen) atoms. The summed E-state index contributed by atoms with van der Waals surface area (Å²) in [6.45, 7) is 0. The molecule has 0 aromatic heterocycles. The SMILES string of the molecule is F[B-](F)(F)F.[NH+]#CCc1ccc(Cl)c(Cl)c1. The summed E-state index contributed by atoms with van der Waals surface area (Å²) in [6, 6.07) is 7.57. The molecule has 8 heteroatoms. The molecule has 0 aliphatic rings. The van der Waals surface area contributed by atoms with Gasteiger partial charge >= 0.3 is 7.25 Å². The molecule has 0 bridgehead atoms. The number of rotatable bonds is 1. The first-order valence-corrected chi connectivity index (χ1v) is 4.70. The summed E-state index contributed by atoms with van der Waals surface area (Å²) in [5, 5.41) is 7.81. The van der Waals surface area contributed by atoms with Gasteiger partial charge in [-0.25, -0.2) is 0 Å². The fourth-order valence-corrected chi connectivity index (χ4v) is 1.07. The molecular weight excluding hydrogens is 268 g/mol. The normalized spacial score (nSPS) is 10.1. The largest absolute Gasteiger partial charge is 0.673 e. The number of hydrogen-bond donors (Lipinski definition) is 1. The molecule has 0 saturated carbocycles. The zero-order chi connectivity index (χ0) is 12.8. The van der Waals surface area contributed by atoms with Crippen LogP contribution in [0.5, 0.6) is 0 Å². The van der Waals surface area contributed by atoms with Gasteiger partial charge in [-0.05, 0) is 17.7 Å². The van der Waals surface area contributed by atoms with Gasteiger partial charge < -0.3 is 17.3 Å². The Labute approximate surface area is 99.7 Å². The maximum atomic E-state index is 9.75. The maximum Gasteiger partial charge on any atom is 0.673 e. The van der Waals surface area contributed by atoms with E-state index in [0.717, 1.165) is 5.56 Å². The summed E-state index contributed by atoms with van der Waals surface area (Å²) in [6.07, 6.45) is 0.483. The molecule has 1 nitrogen and oxygen atoms in total. The Kier molecular flexibility index (Phi) is 6.23. The highest BCUT2D eigenvalue weighted by Gasteiger charge is 2.20. The van der Waals surface area contributed by atoms with E-state index in [0.29, 0.717) is 16.5 Å². The summed E-state index contributed by atoms with van der Waals surface area (Å²) in [5.41, 5.74) is 0.953. The van der Waals surface area contributed by atoms with Crippen molar-refractivity contribution >= 4 is 30.5 Å². The van der Waals surface area contributed by atoms with Crippen LogP contribution in [0.15, 0.2) is 18.2 Å². The van der Waals surface area contributed by atoms with E-state index in [9.17, 15) is 17.3 Å². The lowest BCUT2D eigenvalue weighted by Gasteiger charge is -1.95. The van der Waals surface area contributed by atoms with Crippen LogP contribution in [-0.4, -0.2) is 7.25 Å². The van der Waals surface area contributed by atoms with E-state index in [4.69, 9.17) is 28.5 Å². The second-order valence-corrected chi connectivity index (χ2v) is 3.41. The first kappa shape index (κ1) is 15.1. The van der Waals surface area contributed by atoms with Crippen LogP contribution < -0.4 is 5.26 Å². The van der Waals surface area contributed by atoms with Gasteiger partial charge in [0.15, 0.2) is 0 Å². The van der Waals surface area contributed by atoms with Crippen LogP contribution in [0, 0.1) is 6.07 Å². The standard InChI is InChI=1S/C8H5Cl2N.BF4/c9-7-2-1-6(3-4-11)5-8(7)10;2-1(3,4)5/h1-2,5H,3H2;/q;-1/p+1. The Morgan fingerprint density at radius 1 is 1.12 bits per heavy atom. The zero-order valence-corrected chi connectivity index (χ0v) is 9.30. The van der Waals surface area contributed by atoms with Gasteiger partial charge in [0.2, 0.25) is 0 Å². The maximum absolute atomic E-state index is 9.75. The summed E-state index contributed by atoms with van der Waals surface area (Å²) in [4.78, 5) is 0. The minimum atomic E-state index is -6.00. The lowest BCUT2D eigenvalue weighted by molar-refractivity contribution is -0.0940. The van der Waals surface area contributed by atoms with E-state index in [-0.39, 0.29) is 0 Å². The molecule has 0 aliphatic heterocycles. The monoisotopic (exact) mass is 273 g/mol. The van der Waals surface area contributed by atoms with Gasteiger partial charge in [0.1, 0.15) is 6.42 Å². The predicted molar refractivity (Wildman–Crippen MR) is 55.2 cm³/mol. The molecule has 1 aromatic carbocycles. The van der Waals surface area contributed by atoms with Crippen molar-refractivity contribution in [2.24, 2.45) is 0 Å². The average molecular weight is 274 g/mol. The molecule has 1 N–H and O–H groups in total. The number of benzene rings is 1. The Morgan fingerprint density at radius 3 is 2.00 bits per heavy atom. The summed E-state index contributed by atoms with van der Waals surface area (Å²) < 4.78 is 39.0. The highest BCUT2D eigenvalue weighted by Crippen LogP contribution is 2.22. The highest BCUT2D eigenvalue weighted by molar-refractivity contribution is 6.50. The van der Waals surface area contributed by atoms with Crippen LogP contribution in [0.3, 0.4) is 0 Å². The fourth-order valence-electron chi connectivity index (χ4n) is 0.752. The molecule has 88 valence electrons. The predicted octanol–water partition coefficient (Wildman–Crippen LogP) is 2.61. The molecule has 0 spiro atoms. The van der Waals surface area contributed by atoms with Crippen LogP contribution in [0.4, 0.5) is 17.3 Å². The van der Waals surface area contributed by atoms with E-state index < -0.39 is 7.25 Å². The van der Waals surface area contributed by atoms with Crippen molar-refractivity contribution in [1.82, 2.24) is 0 Å². The number of halogens is 6. The molecule has 0 amide bonds. The van der Waals surface area contributed by atoms with Gasteiger partial charge in [0.25, 0.3) is 6.07 Å². The lowest BCUT2D eigenvalue weighted by atomic mass is 10.2. The van der Waals surface area contributed by atoms with Crippen molar-refractivity contribution in [2.75, 3.05) is 0 Å². The topological polar surface area (TPSA) is 23.8 Å². The Hall–Kier alpha value is -0.925. The molecule has 0 radical (unpaired) electrons. The highest BCUT2D eigenvalue weighted by atomic mass is 35.5. The van der Waals surface area contributed by atoms with Crippen molar-refractivity contribution in [3.8, 4) is 6.07 Å². The van der Waals surface area contributed by atoms with Crippen LogP contribution in [0.25, 0.3) is 0 Å². The van der Waals surface area contributed by atoms with Crippen molar-refractivity contribution < 1.29 is 22.5 Å². The second-order valence-electron chi connectivity index (χ2n) is 2.60. The van der Waals surface area contributed by atoms with Crippen LogP contribution in [-0.2, 0) is 6.42 Å². The number of hydrogen-bond acceptors (Lipinski definition) is 0. The van der Waals surface area contributed by atoms with E-state index >= 15 is 0 Å². The van der Waals surface area contributed by atoms with E-state index in [1.165, 1.54) is 0 Å². The van der Waals surface area contributed by atoms with Crippen LogP contribution in [0.1, 0.15) is 5.56 Å². The molecule has 0 atom stereocenters. The minimum Gasteiger partial charge on any atom is -0.418 e. The van der Waals surface area contributed by atoms with Gasteiger partial charge in [-0.2, -0.15) is 0 Å². The van der Waals surface area contributed by atoms with Crippen molar-refractivity contribution in [3.63, 3.8) is 0 Å². The van der Waals surface area contributed by atoms with Gasteiger partial charge in [-0.3, -0.25) is 0 Å². The van der Waals surface area contributed by atoms with E-state index in [1.807, 2.05) is 6.07 Å². The third-order valence-corrected chi connectivity index (χ3v) is 2.02. The van der Waals surface area contributed by atoms with E-state index in [2.05, 4.69) is 6.07 Å². The van der Waals surface area contributed by atoms with E-state index in [1.54, 1.807) is 12.1 Å². The summed E-state index contributed by atoms with van der Waals surface area (Å²) >= 11 is 11.4. The molecule has 0 saturated heterocycles. The van der Waals surface area contributed by atoms with Crippen LogP contribution >= 0.6 is 23.2 Å². The minimum absolute atomic E-state index is 0.483. The van der Waals surface area contributed by atoms with Gasteiger partial charge in [-0.1, -0.05) is 29.3 Å². The van der Waals surface area contributed by atoms with Crippen molar-refractivity contribution in [3.05, 3.63) is 33.8 Å². The quantitative estimate of drug-likeness (QED) is 0.601. The van der Waals surface area contributed by atoms with Crippen molar-refractivity contribution in [2.45, 2.75) is 6.42 Å². The third-order valence-electron chi connectivity index (χ3n) is 1.28. The molecule has 0 heterocycles. The zero-order valence-electron chi connectivity index (χ0n) is 7.78. The number of nitrogens with one attached hydrogen (secondary N) is 1.